The number of hydrogen-bond acceptors (Lipinski definition) is 2. The number of nitrogens with one attached hydrogen (secondary N) is 1. The summed E-state index contributed by atoms with van der Waals surface area (Å²) in [6, 6.07) is 18.3. The topological polar surface area (TPSA) is 28.3 Å². The normalized spacial score (nSPS) is 18.5. The van der Waals surface area contributed by atoms with Gasteiger partial charge in [0.25, 0.3) is 0 Å². The summed E-state index contributed by atoms with van der Waals surface area (Å²) in [6.45, 7) is 4.52. The van der Waals surface area contributed by atoms with Gasteiger partial charge in [-0.25, -0.2) is 8.78 Å². The highest BCUT2D eigenvalue weighted by Crippen LogP contribution is 2.43. The third kappa shape index (κ3) is 3.90. The summed E-state index contributed by atoms with van der Waals surface area (Å²) in [5.41, 5.74) is 4.65. The molecule has 0 bridgehead atoms. The van der Waals surface area contributed by atoms with Gasteiger partial charge in [-0.05, 0) is 67.3 Å². The number of aromatic nitrogens is 1. The van der Waals surface area contributed by atoms with Crippen LogP contribution >= 0.6 is 0 Å². The minimum absolute atomic E-state index is 0.0767. The fourth-order valence-electron chi connectivity index (χ4n) is 5.16. The summed E-state index contributed by atoms with van der Waals surface area (Å²) in [5.74, 6) is -0.283. The monoisotopic (exact) mass is 458 g/mol. The van der Waals surface area contributed by atoms with Crippen LogP contribution in [-0.2, 0) is 13.0 Å². The van der Waals surface area contributed by atoms with Gasteiger partial charge in [0.2, 0.25) is 0 Å². The van der Waals surface area contributed by atoms with Gasteiger partial charge in [-0.1, -0.05) is 42.5 Å². The molecule has 34 heavy (non-hydrogen) atoms. The number of fused-ring (bicyclic) bond motifs is 3. The fraction of sp³-hybridized carbons (Fsp3) is 0.241. The van der Waals surface area contributed by atoms with E-state index in [1.807, 2.05) is 49.4 Å². The molecule has 174 valence electrons. The number of H-pyrrole nitrogens is 1. The molecule has 3 nitrogen and oxygen atoms in total. The molecule has 5 rings (SSSR count). The van der Waals surface area contributed by atoms with Crippen molar-refractivity contribution in [2.24, 2.45) is 0 Å². The number of allylic oxidation sites excluding steroid dienone is 1. The number of nitrogens with zero attached hydrogens (tertiary/aromatic N) is 1. The summed E-state index contributed by atoms with van der Waals surface area (Å²) in [6.07, 6.45) is 4.29. The standard InChI is InChI=1S/C29H28F2N2O/c1-4-7-20-15-24(30)27(25(31)16-20)29-28-23(22-8-5-6-9-26(22)32-28)14-18(2)33(29)17-19-10-12-21(34-3)13-11-19/h4-13,15-16,18,29,32H,14,17H2,1-3H3/b7-4+/t18-,29-/m1/s1. The Hall–Kier alpha value is -3.44. The van der Waals surface area contributed by atoms with Crippen LogP contribution in [0.25, 0.3) is 17.0 Å². The van der Waals surface area contributed by atoms with Crippen LogP contribution in [0, 0.1) is 11.6 Å². The molecule has 3 aromatic carbocycles. The number of aromatic amines is 1. The minimum atomic E-state index is -0.576. The Balaban J connectivity index is 1.67. The van der Waals surface area contributed by atoms with Gasteiger partial charge in [-0.3, -0.25) is 4.90 Å². The van der Waals surface area contributed by atoms with Gasteiger partial charge in [-0.15, -0.1) is 0 Å². The quantitative estimate of drug-likeness (QED) is 0.348. The average molecular weight is 459 g/mol. The third-order valence-electron chi connectivity index (χ3n) is 6.78. The molecule has 1 aliphatic heterocycles. The number of methoxy groups -OCH3 is 1. The number of benzene rings is 3. The smallest absolute Gasteiger partial charge is 0.131 e. The molecule has 0 saturated heterocycles. The lowest BCUT2D eigenvalue weighted by Crippen LogP contribution is -2.42. The van der Waals surface area contributed by atoms with E-state index in [2.05, 4.69) is 22.9 Å². The summed E-state index contributed by atoms with van der Waals surface area (Å²) < 4.78 is 36.4. The van der Waals surface area contributed by atoms with Crippen molar-refractivity contribution < 1.29 is 13.5 Å². The maximum absolute atomic E-state index is 15.6. The lowest BCUT2D eigenvalue weighted by Gasteiger charge is -2.41. The van der Waals surface area contributed by atoms with Gasteiger partial charge >= 0.3 is 0 Å². The molecule has 1 N–H and O–H groups in total. The number of ether oxygens (including phenoxy) is 1. The molecule has 0 fully saturated rings. The first kappa shape index (κ1) is 22.4. The summed E-state index contributed by atoms with van der Waals surface area (Å²) >= 11 is 0. The Kier molecular flexibility index (Phi) is 5.96. The number of para-hydroxylation sites is 1. The molecule has 2 heterocycles. The van der Waals surface area contributed by atoms with E-state index in [0.29, 0.717) is 12.1 Å². The van der Waals surface area contributed by atoms with Gasteiger partial charge < -0.3 is 9.72 Å². The van der Waals surface area contributed by atoms with Crippen molar-refractivity contribution in [3.8, 4) is 5.75 Å². The molecule has 1 aromatic heterocycles. The van der Waals surface area contributed by atoms with Gasteiger partial charge in [0.1, 0.15) is 17.4 Å². The van der Waals surface area contributed by atoms with Crippen LogP contribution in [0.3, 0.4) is 0 Å². The van der Waals surface area contributed by atoms with Crippen molar-refractivity contribution in [2.75, 3.05) is 7.11 Å². The second-order valence-corrected chi connectivity index (χ2v) is 8.94. The van der Waals surface area contributed by atoms with Gasteiger partial charge in [0.05, 0.1) is 13.2 Å². The Bertz CT molecular complexity index is 1330. The SMILES string of the molecule is C/C=C/c1cc(F)c([C@@H]2c3[nH]c4ccccc4c3C[C@@H](C)N2Cc2ccc(OC)cc2)c(F)c1. The maximum Gasteiger partial charge on any atom is 0.131 e. The highest BCUT2D eigenvalue weighted by Gasteiger charge is 2.38. The van der Waals surface area contributed by atoms with Crippen LogP contribution in [0.5, 0.6) is 5.75 Å². The Labute approximate surface area is 198 Å². The van der Waals surface area contributed by atoms with E-state index in [1.165, 1.54) is 12.1 Å². The first-order chi connectivity index (χ1) is 16.5. The van der Waals surface area contributed by atoms with Crippen LogP contribution < -0.4 is 4.74 Å². The molecule has 0 saturated carbocycles. The van der Waals surface area contributed by atoms with E-state index < -0.39 is 17.7 Å². The Morgan fingerprint density at radius 2 is 1.76 bits per heavy atom. The van der Waals surface area contributed by atoms with Crippen LogP contribution in [0.1, 0.15) is 47.8 Å². The zero-order valence-corrected chi connectivity index (χ0v) is 19.6. The van der Waals surface area contributed by atoms with Crippen LogP contribution in [0.15, 0.2) is 66.7 Å². The first-order valence-electron chi connectivity index (χ1n) is 11.6. The molecule has 1 aliphatic rings. The van der Waals surface area contributed by atoms with Crippen molar-refractivity contribution in [3.63, 3.8) is 0 Å². The van der Waals surface area contributed by atoms with Crippen LogP contribution in [0.4, 0.5) is 8.78 Å². The number of halogens is 2. The van der Waals surface area contributed by atoms with E-state index in [4.69, 9.17) is 4.74 Å². The molecule has 4 aromatic rings. The predicted octanol–water partition coefficient (Wildman–Crippen LogP) is 7.02. The van der Waals surface area contributed by atoms with Crippen molar-refractivity contribution in [3.05, 3.63) is 106 Å². The molecule has 0 spiro atoms. The van der Waals surface area contributed by atoms with Crippen LogP contribution in [-0.4, -0.2) is 23.0 Å². The van der Waals surface area contributed by atoms with Gasteiger partial charge in [0.15, 0.2) is 0 Å². The number of rotatable bonds is 5. The fourth-order valence-corrected chi connectivity index (χ4v) is 5.16. The Morgan fingerprint density at radius 3 is 2.44 bits per heavy atom. The van der Waals surface area contributed by atoms with E-state index in [9.17, 15) is 0 Å². The predicted molar refractivity (Wildman–Crippen MR) is 133 cm³/mol. The van der Waals surface area contributed by atoms with E-state index in [0.717, 1.165) is 39.9 Å². The lowest BCUT2D eigenvalue weighted by atomic mass is 9.87. The molecule has 0 aliphatic carbocycles. The molecule has 2 atom stereocenters. The second-order valence-electron chi connectivity index (χ2n) is 8.94. The third-order valence-corrected chi connectivity index (χ3v) is 6.78. The highest BCUT2D eigenvalue weighted by molar-refractivity contribution is 5.85. The first-order valence-corrected chi connectivity index (χ1v) is 11.6. The maximum atomic E-state index is 15.6. The lowest BCUT2D eigenvalue weighted by molar-refractivity contribution is 0.134. The van der Waals surface area contributed by atoms with Crippen molar-refractivity contribution in [1.29, 1.82) is 0 Å². The second kappa shape index (κ2) is 9.07. The van der Waals surface area contributed by atoms with Crippen molar-refractivity contribution in [2.45, 2.75) is 38.9 Å². The average Bonchev–Trinajstić information content (AvgIpc) is 3.19. The molecule has 0 unspecified atom stereocenters. The zero-order chi connectivity index (χ0) is 23.8. The Morgan fingerprint density at radius 1 is 1.06 bits per heavy atom. The van der Waals surface area contributed by atoms with E-state index >= 15 is 8.78 Å². The number of hydrogen-bond donors (Lipinski definition) is 1. The van der Waals surface area contributed by atoms with Crippen LogP contribution in [0.2, 0.25) is 0 Å². The van der Waals surface area contributed by atoms with E-state index in [1.54, 1.807) is 19.3 Å². The van der Waals surface area contributed by atoms with Crippen molar-refractivity contribution >= 4 is 17.0 Å². The van der Waals surface area contributed by atoms with Crippen molar-refractivity contribution in [1.82, 2.24) is 9.88 Å². The molecular weight excluding hydrogens is 430 g/mol. The van der Waals surface area contributed by atoms with Gasteiger partial charge in [0, 0.05) is 34.7 Å². The summed E-state index contributed by atoms with van der Waals surface area (Å²) in [7, 11) is 1.64. The summed E-state index contributed by atoms with van der Waals surface area (Å²) in [5, 5.41) is 1.12. The molecule has 5 heteroatoms. The largest absolute Gasteiger partial charge is 0.497 e. The highest BCUT2D eigenvalue weighted by atomic mass is 19.1. The minimum Gasteiger partial charge on any atom is -0.497 e. The molecular formula is C29H28F2N2O. The molecule has 0 amide bonds. The molecule has 0 radical (unpaired) electrons. The van der Waals surface area contributed by atoms with Gasteiger partial charge in [-0.2, -0.15) is 0 Å². The van der Waals surface area contributed by atoms with E-state index in [-0.39, 0.29) is 11.6 Å². The summed E-state index contributed by atoms with van der Waals surface area (Å²) in [4.78, 5) is 5.70. The zero-order valence-electron chi connectivity index (χ0n) is 19.6.